The molecule has 0 spiro atoms. The van der Waals surface area contributed by atoms with Crippen molar-refractivity contribution < 1.29 is 22.0 Å². The van der Waals surface area contributed by atoms with Crippen LogP contribution >= 0.6 is 0 Å². The summed E-state index contributed by atoms with van der Waals surface area (Å²) in [5.41, 5.74) is 0. The standard InChI is InChI=1S/C11H19F2NO3S/c1-7(2)10(15)9-5-11(12,13)6-14(9)18(16,17)8(3)4/h7-9H,5-6H2,1-4H3/t9-/m0/s1. The van der Waals surface area contributed by atoms with Crippen molar-refractivity contribution in [3.63, 3.8) is 0 Å². The number of rotatable bonds is 4. The van der Waals surface area contributed by atoms with Gasteiger partial charge in [-0.15, -0.1) is 0 Å². The highest BCUT2D eigenvalue weighted by atomic mass is 32.2. The molecular weight excluding hydrogens is 264 g/mol. The number of Topliss-reactive ketones (excluding diaryl/α,β-unsaturated/α-hetero) is 1. The number of hydrogen-bond acceptors (Lipinski definition) is 3. The van der Waals surface area contributed by atoms with E-state index in [4.69, 9.17) is 0 Å². The van der Waals surface area contributed by atoms with Crippen LogP contribution in [0.3, 0.4) is 0 Å². The second-order valence-electron chi connectivity index (χ2n) is 5.27. The first-order valence-corrected chi connectivity index (χ1v) is 7.41. The van der Waals surface area contributed by atoms with Crippen LogP contribution < -0.4 is 0 Å². The fraction of sp³-hybridized carbons (Fsp3) is 0.909. The summed E-state index contributed by atoms with van der Waals surface area (Å²) in [5, 5.41) is -0.811. The van der Waals surface area contributed by atoms with Crippen molar-refractivity contribution in [1.29, 1.82) is 0 Å². The summed E-state index contributed by atoms with van der Waals surface area (Å²) in [7, 11) is -3.84. The van der Waals surface area contributed by atoms with Crippen LogP contribution in [0.5, 0.6) is 0 Å². The number of hydrogen-bond donors (Lipinski definition) is 0. The van der Waals surface area contributed by atoms with Crippen molar-refractivity contribution >= 4 is 15.8 Å². The highest BCUT2D eigenvalue weighted by Gasteiger charge is 2.53. The highest BCUT2D eigenvalue weighted by Crippen LogP contribution is 2.36. The van der Waals surface area contributed by atoms with Crippen molar-refractivity contribution in [2.75, 3.05) is 6.54 Å². The number of alkyl halides is 2. The lowest BCUT2D eigenvalue weighted by Gasteiger charge is -2.25. The zero-order valence-electron chi connectivity index (χ0n) is 11.0. The van der Waals surface area contributed by atoms with Crippen molar-refractivity contribution in [2.24, 2.45) is 5.92 Å². The topological polar surface area (TPSA) is 54.5 Å². The summed E-state index contributed by atoms with van der Waals surface area (Å²) >= 11 is 0. The molecule has 1 heterocycles. The molecule has 1 aliphatic rings. The Kier molecular flexibility index (Phi) is 4.17. The number of carbonyl (C=O) groups is 1. The lowest BCUT2D eigenvalue weighted by atomic mass is 10.00. The molecule has 18 heavy (non-hydrogen) atoms. The third-order valence-electron chi connectivity index (χ3n) is 3.05. The van der Waals surface area contributed by atoms with Gasteiger partial charge in [0.15, 0.2) is 5.78 Å². The van der Waals surface area contributed by atoms with E-state index < -0.39 is 51.9 Å². The molecule has 0 aromatic carbocycles. The van der Waals surface area contributed by atoms with Crippen LogP contribution in [0.4, 0.5) is 8.78 Å². The second-order valence-corrected chi connectivity index (χ2v) is 7.71. The van der Waals surface area contributed by atoms with Crippen LogP contribution in [-0.2, 0) is 14.8 Å². The van der Waals surface area contributed by atoms with Gasteiger partial charge in [-0.2, -0.15) is 4.31 Å². The summed E-state index contributed by atoms with van der Waals surface area (Å²) in [5.74, 6) is -4.04. The fourth-order valence-electron chi connectivity index (χ4n) is 1.95. The van der Waals surface area contributed by atoms with Crippen LogP contribution in [0.15, 0.2) is 0 Å². The van der Waals surface area contributed by atoms with Crippen molar-refractivity contribution in [3.8, 4) is 0 Å². The van der Waals surface area contributed by atoms with Gasteiger partial charge < -0.3 is 0 Å². The van der Waals surface area contributed by atoms with E-state index in [0.717, 1.165) is 0 Å². The van der Waals surface area contributed by atoms with Gasteiger partial charge >= 0.3 is 0 Å². The molecule has 0 N–H and O–H groups in total. The molecule has 0 bridgehead atoms. The molecule has 4 nitrogen and oxygen atoms in total. The van der Waals surface area contributed by atoms with Crippen molar-refractivity contribution in [3.05, 3.63) is 0 Å². The average molecular weight is 283 g/mol. The molecular formula is C11H19F2NO3S. The van der Waals surface area contributed by atoms with Crippen LogP contribution in [0.2, 0.25) is 0 Å². The van der Waals surface area contributed by atoms with Crippen LogP contribution in [-0.4, -0.2) is 42.3 Å². The number of halogens is 2. The van der Waals surface area contributed by atoms with Crippen molar-refractivity contribution in [1.82, 2.24) is 4.31 Å². The van der Waals surface area contributed by atoms with Gasteiger partial charge in [0.05, 0.1) is 17.8 Å². The highest BCUT2D eigenvalue weighted by molar-refractivity contribution is 7.89. The van der Waals surface area contributed by atoms with Gasteiger partial charge in [0.1, 0.15) is 0 Å². The Morgan fingerprint density at radius 1 is 1.28 bits per heavy atom. The molecule has 7 heteroatoms. The lowest BCUT2D eigenvalue weighted by molar-refractivity contribution is -0.125. The molecule has 0 aliphatic carbocycles. The molecule has 1 fully saturated rings. The number of ketones is 1. The molecule has 0 unspecified atom stereocenters. The molecule has 1 rings (SSSR count). The van der Waals surface area contributed by atoms with Gasteiger partial charge in [-0.1, -0.05) is 13.8 Å². The molecule has 0 radical (unpaired) electrons. The van der Waals surface area contributed by atoms with Crippen LogP contribution in [0.25, 0.3) is 0 Å². The Labute approximate surface area is 106 Å². The molecule has 0 saturated carbocycles. The lowest BCUT2D eigenvalue weighted by Crippen LogP contribution is -2.45. The summed E-state index contributed by atoms with van der Waals surface area (Å²) in [6.45, 7) is 5.11. The SMILES string of the molecule is CC(C)C(=O)[C@@H]1CC(F)(F)CN1S(=O)(=O)C(C)C. The van der Waals surface area contributed by atoms with Gasteiger partial charge in [-0.25, -0.2) is 17.2 Å². The predicted molar refractivity (Wildman–Crippen MR) is 64.0 cm³/mol. The molecule has 0 aromatic heterocycles. The van der Waals surface area contributed by atoms with E-state index in [1.807, 2.05) is 0 Å². The van der Waals surface area contributed by atoms with E-state index in [1.165, 1.54) is 13.8 Å². The number of sulfonamides is 1. The quantitative estimate of drug-likeness (QED) is 0.788. The Morgan fingerprint density at radius 3 is 2.17 bits per heavy atom. The Morgan fingerprint density at radius 2 is 1.78 bits per heavy atom. The molecule has 106 valence electrons. The van der Waals surface area contributed by atoms with Gasteiger partial charge in [-0.3, -0.25) is 4.79 Å². The zero-order valence-corrected chi connectivity index (χ0v) is 11.8. The second kappa shape index (κ2) is 4.85. The van der Waals surface area contributed by atoms with Crippen molar-refractivity contribution in [2.45, 2.75) is 51.3 Å². The summed E-state index contributed by atoms with van der Waals surface area (Å²) in [6, 6.07) is -1.23. The fourth-order valence-corrected chi connectivity index (χ4v) is 3.40. The maximum absolute atomic E-state index is 13.4. The first-order valence-electron chi connectivity index (χ1n) is 5.91. The molecule has 1 atom stereocenters. The van der Waals surface area contributed by atoms with E-state index in [0.29, 0.717) is 4.31 Å². The minimum atomic E-state index is -3.84. The minimum Gasteiger partial charge on any atom is -0.298 e. The molecule has 1 saturated heterocycles. The average Bonchev–Trinajstić information content (AvgIpc) is 2.53. The Hall–Kier alpha value is -0.560. The van der Waals surface area contributed by atoms with E-state index >= 15 is 0 Å². The number of nitrogens with zero attached hydrogens (tertiary/aromatic N) is 1. The summed E-state index contributed by atoms with van der Waals surface area (Å²) < 4.78 is 51.5. The maximum atomic E-state index is 13.4. The largest absolute Gasteiger partial charge is 0.298 e. The van der Waals surface area contributed by atoms with Gasteiger partial charge in [0.25, 0.3) is 5.92 Å². The first-order chi connectivity index (χ1) is 7.99. The normalized spacial score (nSPS) is 25.0. The van der Waals surface area contributed by atoms with Crippen LogP contribution in [0, 0.1) is 5.92 Å². The summed E-state index contributed by atoms with van der Waals surface area (Å²) in [4.78, 5) is 11.9. The monoisotopic (exact) mass is 283 g/mol. The van der Waals surface area contributed by atoms with Gasteiger partial charge in [0, 0.05) is 12.3 Å². The first kappa shape index (κ1) is 15.5. The molecule has 0 aromatic rings. The zero-order chi connectivity index (χ0) is 14.3. The summed E-state index contributed by atoms with van der Waals surface area (Å²) in [6.07, 6.45) is -0.712. The smallest absolute Gasteiger partial charge is 0.263 e. The van der Waals surface area contributed by atoms with E-state index in [2.05, 4.69) is 0 Å². The predicted octanol–water partition coefficient (Wildman–Crippen LogP) is 1.66. The maximum Gasteiger partial charge on any atom is 0.263 e. The third-order valence-corrected chi connectivity index (χ3v) is 5.28. The minimum absolute atomic E-state index is 0.448. The van der Waals surface area contributed by atoms with Gasteiger partial charge in [-0.05, 0) is 13.8 Å². The van der Waals surface area contributed by atoms with E-state index in [1.54, 1.807) is 13.8 Å². The Bertz CT molecular complexity index is 432. The molecule has 0 amide bonds. The Balaban J connectivity index is 3.12. The molecule has 1 aliphatic heterocycles. The number of carbonyl (C=O) groups excluding carboxylic acids is 1. The van der Waals surface area contributed by atoms with Gasteiger partial charge in [0.2, 0.25) is 10.0 Å². The van der Waals surface area contributed by atoms with Crippen LogP contribution in [0.1, 0.15) is 34.1 Å². The van der Waals surface area contributed by atoms with E-state index in [-0.39, 0.29) is 0 Å². The van der Waals surface area contributed by atoms with E-state index in [9.17, 15) is 22.0 Å². The third kappa shape index (κ3) is 2.88.